The van der Waals surface area contributed by atoms with Gasteiger partial charge in [-0.05, 0) is 36.8 Å². The van der Waals surface area contributed by atoms with E-state index in [0.29, 0.717) is 18.1 Å². The van der Waals surface area contributed by atoms with Crippen molar-refractivity contribution in [3.05, 3.63) is 30.3 Å². The van der Waals surface area contributed by atoms with E-state index in [9.17, 15) is 0 Å². The van der Waals surface area contributed by atoms with Crippen molar-refractivity contribution in [2.45, 2.75) is 46.1 Å². The highest BCUT2D eigenvalue weighted by atomic mass is 16.5. The molecule has 0 saturated heterocycles. The standard InChI is InChI=1S/C15H26N2O/c1-15(2,3)11-9-13(17-16)10-12-18-14-7-5-4-6-8-14/h4-8,13,17H,9-12,16H2,1-3H3. The summed E-state index contributed by atoms with van der Waals surface area (Å²) < 4.78 is 5.67. The molecule has 0 amide bonds. The van der Waals surface area contributed by atoms with Crippen molar-refractivity contribution in [2.24, 2.45) is 11.3 Å². The van der Waals surface area contributed by atoms with Crippen molar-refractivity contribution >= 4 is 0 Å². The molecule has 3 nitrogen and oxygen atoms in total. The maximum Gasteiger partial charge on any atom is 0.119 e. The largest absolute Gasteiger partial charge is 0.494 e. The van der Waals surface area contributed by atoms with Gasteiger partial charge in [0, 0.05) is 6.04 Å². The van der Waals surface area contributed by atoms with Gasteiger partial charge in [0.1, 0.15) is 5.75 Å². The Morgan fingerprint density at radius 1 is 1.17 bits per heavy atom. The number of para-hydroxylation sites is 1. The Morgan fingerprint density at radius 2 is 1.83 bits per heavy atom. The van der Waals surface area contributed by atoms with Crippen LogP contribution in [-0.2, 0) is 0 Å². The van der Waals surface area contributed by atoms with Crippen molar-refractivity contribution in [1.82, 2.24) is 5.43 Å². The Bertz CT molecular complexity index is 319. The summed E-state index contributed by atoms with van der Waals surface area (Å²) in [6.07, 6.45) is 3.17. The van der Waals surface area contributed by atoms with Crippen molar-refractivity contribution in [3.8, 4) is 5.75 Å². The van der Waals surface area contributed by atoms with Crippen LogP contribution in [0.4, 0.5) is 0 Å². The van der Waals surface area contributed by atoms with Gasteiger partial charge in [-0.25, -0.2) is 0 Å². The molecule has 0 aliphatic carbocycles. The third-order valence-electron chi connectivity index (χ3n) is 2.96. The molecule has 1 atom stereocenters. The highest BCUT2D eigenvalue weighted by Gasteiger charge is 2.14. The van der Waals surface area contributed by atoms with Gasteiger partial charge in [-0.15, -0.1) is 0 Å². The van der Waals surface area contributed by atoms with E-state index in [1.807, 2.05) is 30.3 Å². The SMILES string of the molecule is CC(C)(C)CCC(CCOc1ccccc1)NN. The predicted octanol–water partition coefficient (Wildman–Crippen LogP) is 3.11. The molecule has 0 spiro atoms. The summed E-state index contributed by atoms with van der Waals surface area (Å²) in [5, 5.41) is 0. The van der Waals surface area contributed by atoms with Crippen LogP contribution in [0, 0.1) is 5.41 Å². The minimum absolute atomic E-state index is 0.327. The first-order chi connectivity index (χ1) is 8.51. The second-order valence-electron chi connectivity index (χ2n) is 5.91. The van der Waals surface area contributed by atoms with Gasteiger partial charge >= 0.3 is 0 Å². The Hall–Kier alpha value is -1.06. The molecular formula is C15H26N2O. The number of hydrazine groups is 1. The van der Waals surface area contributed by atoms with E-state index >= 15 is 0 Å². The maximum absolute atomic E-state index is 5.67. The lowest BCUT2D eigenvalue weighted by atomic mass is 9.88. The van der Waals surface area contributed by atoms with Crippen LogP contribution in [0.2, 0.25) is 0 Å². The van der Waals surface area contributed by atoms with Gasteiger partial charge in [-0.3, -0.25) is 11.3 Å². The molecule has 3 N–H and O–H groups in total. The molecule has 1 unspecified atom stereocenters. The van der Waals surface area contributed by atoms with Crippen LogP contribution in [0.3, 0.4) is 0 Å². The summed E-state index contributed by atoms with van der Waals surface area (Å²) in [5.74, 6) is 6.50. The van der Waals surface area contributed by atoms with Crippen molar-refractivity contribution < 1.29 is 4.74 Å². The van der Waals surface area contributed by atoms with Crippen LogP contribution in [0.5, 0.6) is 5.75 Å². The molecule has 0 aliphatic heterocycles. The zero-order valence-electron chi connectivity index (χ0n) is 11.8. The minimum Gasteiger partial charge on any atom is -0.494 e. The monoisotopic (exact) mass is 250 g/mol. The molecule has 0 saturated carbocycles. The molecule has 0 aliphatic rings. The fourth-order valence-electron chi connectivity index (χ4n) is 1.75. The van der Waals surface area contributed by atoms with Gasteiger partial charge in [-0.2, -0.15) is 0 Å². The Kier molecular flexibility index (Phi) is 6.16. The lowest BCUT2D eigenvalue weighted by Gasteiger charge is -2.22. The number of ether oxygens (including phenoxy) is 1. The van der Waals surface area contributed by atoms with Gasteiger partial charge < -0.3 is 4.74 Å². The molecule has 0 aromatic heterocycles. The fourth-order valence-corrected chi connectivity index (χ4v) is 1.75. The smallest absolute Gasteiger partial charge is 0.119 e. The summed E-state index contributed by atoms with van der Waals surface area (Å²) in [5.41, 5.74) is 3.24. The van der Waals surface area contributed by atoms with E-state index in [-0.39, 0.29) is 0 Å². The third kappa shape index (κ3) is 6.62. The molecular weight excluding hydrogens is 224 g/mol. The Labute approximate surface area is 111 Å². The van der Waals surface area contributed by atoms with Crippen LogP contribution in [0.25, 0.3) is 0 Å². The number of rotatable bonds is 7. The topological polar surface area (TPSA) is 47.3 Å². The van der Waals surface area contributed by atoms with E-state index in [1.165, 1.54) is 0 Å². The number of nitrogens with one attached hydrogen (secondary N) is 1. The predicted molar refractivity (Wildman–Crippen MR) is 76.4 cm³/mol. The lowest BCUT2D eigenvalue weighted by molar-refractivity contribution is 0.263. The van der Waals surface area contributed by atoms with Gasteiger partial charge in [-0.1, -0.05) is 39.0 Å². The van der Waals surface area contributed by atoms with Crippen LogP contribution in [-0.4, -0.2) is 12.6 Å². The van der Waals surface area contributed by atoms with Gasteiger partial charge in [0.05, 0.1) is 6.61 Å². The second kappa shape index (κ2) is 7.39. The minimum atomic E-state index is 0.327. The number of hydrogen-bond acceptors (Lipinski definition) is 3. The van der Waals surface area contributed by atoms with Gasteiger partial charge in [0.15, 0.2) is 0 Å². The average Bonchev–Trinajstić information content (AvgIpc) is 2.33. The van der Waals surface area contributed by atoms with E-state index < -0.39 is 0 Å². The van der Waals surface area contributed by atoms with E-state index in [4.69, 9.17) is 10.6 Å². The molecule has 0 heterocycles. The highest BCUT2D eigenvalue weighted by Crippen LogP contribution is 2.22. The molecule has 0 fully saturated rings. The summed E-state index contributed by atoms with van der Waals surface area (Å²) in [4.78, 5) is 0. The highest BCUT2D eigenvalue weighted by molar-refractivity contribution is 5.20. The molecule has 1 aromatic rings. The van der Waals surface area contributed by atoms with E-state index in [0.717, 1.165) is 25.0 Å². The molecule has 1 aromatic carbocycles. The molecule has 0 bridgehead atoms. The zero-order valence-corrected chi connectivity index (χ0v) is 11.8. The average molecular weight is 250 g/mol. The molecule has 3 heteroatoms. The lowest BCUT2D eigenvalue weighted by Crippen LogP contribution is -2.37. The first-order valence-corrected chi connectivity index (χ1v) is 6.65. The van der Waals surface area contributed by atoms with Crippen molar-refractivity contribution in [2.75, 3.05) is 6.61 Å². The summed E-state index contributed by atoms with van der Waals surface area (Å²) in [7, 11) is 0. The molecule has 0 radical (unpaired) electrons. The second-order valence-corrected chi connectivity index (χ2v) is 5.91. The summed E-state index contributed by atoms with van der Waals surface area (Å²) >= 11 is 0. The maximum atomic E-state index is 5.67. The summed E-state index contributed by atoms with van der Waals surface area (Å²) in [6, 6.07) is 10.2. The fraction of sp³-hybridized carbons (Fsp3) is 0.600. The third-order valence-corrected chi connectivity index (χ3v) is 2.96. The quantitative estimate of drug-likeness (QED) is 0.577. The Balaban J connectivity index is 2.23. The van der Waals surface area contributed by atoms with Crippen LogP contribution < -0.4 is 16.0 Å². The first-order valence-electron chi connectivity index (χ1n) is 6.65. The zero-order chi connectivity index (χ0) is 13.4. The number of nitrogens with two attached hydrogens (primary N) is 1. The van der Waals surface area contributed by atoms with Crippen molar-refractivity contribution in [1.29, 1.82) is 0 Å². The first kappa shape index (κ1) is 15.0. The van der Waals surface area contributed by atoms with Gasteiger partial charge in [0.2, 0.25) is 0 Å². The molecule has 18 heavy (non-hydrogen) atoms. The number of hydrogen-bond donors (Lipinski definition) is 2. The van der Waals surface area contributed by atoms with Crippen LogP contribution >= 0.6 is 0 Å². The van der Waals surface area contributed by atoms with E-state index in [1.54, 1.807) is 0 Å². The Morgan fingerprint density at radius 3 is 2.39 bits per heavy atom. The molecule has 1 rings (SSSR count). The van der Waals surface area contributed by atoms with Crippen LogP contribution in [0.1, 0.15) is 40.0 Å². The van der Waals surface area contributed by atoms with Crippen LogP contribution in [0.15, 0.2) is 30.3 Å². The molecule has 102 valence electrons. The number of benzene rings is 1. The van der Waals surface area contributed by atoms with E-state index in [2.05, 4.69) is 26.2 Å². The van der Waals surface area contributed by atoms with Crippen molar-refractivity contribution in [3.63, 3.8) is 0 Å². The normalized spacial score (nSPS) is 13.3. The van der Waals surface area contributed by atoms with Gasteiger partial charge in [0.25, 0.3) is 0 Å². The summed E-state index contributed by atoms with van der Waals surface area (Å²) in [6.45, 7) is 7.45.